The van der Waals surface area contributed by atoms with Crippen molar-refractivity contribution in [3.05, 3.63) is 45.7 Å². The Hall–Kier alpha value is -1.76. The molecule has 1 aromatic heterocycles. The molecule has 0 radical (unpaired) electrons. The number of benzene rings is 1. The third kappa shape index (κ3) is 2.65. The topological polar surface area (TPSA) is 17.1 Å². The molecule has 100 valence electrons. The predicted molar refractivity (Wildman–Crippen MR) is 60.1 cm³/mol. The summed E-state index contributed by atoms with van der Waals surface area (Å²) in [4.78, 5) is 9.55. The van der Waals surface area contributed by atoms with Gasteiger partial charge in [0, 0.05) is 0 Å². The first-order valence-electron chi connectivity index (χ1n) is 4.93. The van der Waals surface area contributed by atoms with Crippen molar-refractivity contribution in [3.8, 4) is 11.1 Å². The van der Waals surface area contributed by atoms with Crippen molar-refractivity contribution in [2.75, 3.05) is 0 Å². The summed E-state index contributed by atoms with van der Waals surface area (Å²) < 4.78 is 63.9. The smallest absolute Gasteiger partial charge is 0.298 e. The SMILES string of the molecule is O=Cc1c(F)cc(-c2csc(C(F)(F)F)c2)cc1F. The van der Waals surface area contributed by atoms with Crippen molar-refractivity contribution >= 4 is 17.6 Å². The highest BCUT2D eigenvalue weighted by atomic mass is 32.1. The van der Waals surface area contributed by atoms with Crippen LogP contribution in [0, 0.1) is 11.6 Å². The van der Waals surface area contributed by atoms with Gasteiger partial charge in [0.2, 0.25) is 0 Å². The Bertz CT molecular complexity index is 606. The second-order valence-corrected chi connectivity index (χ2v) is 4.58. The van der Waals surface area contributed by atoms with Gasteiger partial charge < -0.3 is 0 Å². The first-order valence-corrected chi connectivity index (χ1v) is 5.81. The lowest BCUT2D eigenvalue weighted by atomic mass is 10.1. The molecule has 0 saturated carbocycles. The molecule has 0 fully saturated rings. The van der Waals surface area contributed by atoms with Gasteiger partial charge in [-0.05, 0) is 34.7 Å². The highest BCUT2D eigenvalue weighted by molar-refractivity contribution is 7.10. The van der Waals surface area contributed by atoms with Crippen molar-refractivity contribution in [1.29, 1.82) is 0 Å². The maximum absolute atomic E-state index is 13.3. The molecule has 0 unspecified atom stereocenters. The van der Waals surface area contributed by atoms with E-state index in [-0.39, 0.29) is 17.4 Å². The van der Waals surface area contributed by atoms with Crippen molar-refractivity contribution in [2.45, 2.75) is 6.18 Å². The van der Waals surface area contributed by atoms with Gasteiger partial charge in [-0.2, -0.15) is 13.2 Å². The zero-order valence-corrected chi connectivity index (χ0v) is 9.91. The maximum Gasteiger partial charge on any atom is 0.425 e. The minimum atomic E-state index is -4.50. The summed E-state index contributed by atoms with van der Waals surface area (Å²) in [5, 5.41) is 1.15. The van der Waals surface area contributed by atoms with Crippen LogP contribution in [0.4, 0.5) is 22.0 Å². The molecule has 0 spiro atoms. The lowest BCUT2D eigenvalue weighted by molar-refractivity contribution is -0.134. The molecule has 0 amide bonds. The lowest BCUT2D eigenvalue weighted by Crippen LogP contribution is -2.00. The average molecular weight is 292 g/mol. The molecule has 0 aliphatic carbocycles. The molecule has 19 heavy (non-hydrogen) atoms. The van der Waals surface area contributed by atoms with E-state index in [2.05, 4.69) is 0 Å². The number of alkyl halides is 3. The number of aldehydes is 1. The van der Waals surface area contributed by atoms with Crippen LogP contribution in [0.5, 0.6) is 0 Å². The molecule has 1 heterocycles. The van der Waals surface area contributed by atoms with Gasteiger partial charge in [-0.3, -0.25) is 4.79 Å². The molecule has 0 aliphatic heterocycles. The van der Waals surface area contributed by atoms with Crippen LogP contribution in [0.25, 0.3) is 11.1 Å². The Kier molecular flexibility index (Phi) is 3.40. The maximum atomic E-state index is 13.3. The molecule has 0 bridgehead atoms. The van der Waals surface area contributed by atoms with Crippen molar-refractivity contribution < 1.29 is 26.7 Å². The van der Waals surface area contributed by atoms with Crippen LogP contribution in [-0.4, -0.2) is 6.29 Å². The van der Waals surface area contributed by atoms with Gasteiger partial charge in [-0.25, -0.2) is 8.78 Å². The van der Waals surface area contributed by atoms with Crippen molar-refractivity contribution in [1.82, 2.24) is 0 Å². The van der Waals surface area contributed by atoms with E-state index in [1.54, 1.807) is 0 Å². The third-order valence-electron chi connectivity index (χ3n) is 2.41. The quantitative estimate of drug-likeness (QED) is 0.587. The molecule has 0 saturated heterocycles. The van der Waals surface area contributed by atoms with Crippen LogP contribution < -0.4 is 0 Å². The molecule has 7 heteroatoms. The molecule has 2 rings (SSSR count). The second kappa shape index (κ2) is 4.73. The highest BCUT2D eigenvalue weighted by Gasteiger charge is 2.32. The summed E-state index contributed by atoms with van der Waals surface area (Å²) in [7, 11) is 0. The summed E-state index contributed by atoms with van der Waals surface area (Å²) in [5.41, 5.74) is -0.741. The van der Waals surface area contributed by atoms with Crippen LogP contribution in [0.15, 0.2) is 23.6 Å². The summed E-state index contributed by atoms with van der Waals surface area (Å²) in [6, 6.07) is 2.46. The molecule has 1 aromatic carbocycles. The standard InChI is InChI=1S/C12H5F5OS/c13-9-1-6(2-10(14)8(9)4-18)7-3-11(19-5-7)12(15,16)17/h1-5H. The summed E-state index contributed by atoms with van der Waals surface area (Å²) in [6.07, 6.45) is -4.48. The minimum Gasteiger partial charge on any atom is -0.298 e. The van der Waals surface area contributed by atoms with E-state index in [9.17, 15) is 26.7 Å². The number of carbonyl (C=O) groups is 1. The van der Waals surface area contributed by atoms with Crippen LogP contribution in [0.3, 0.4) is 0 Å². The zero-order valence-electron chi connectivity index (χ0n) is 9.09. The Morgan fingerprint density at radius 3 is 2.00 bits per heavy atom. The molecular weight excluding hydrogens is 287 g/mol. The van der Waals surface area contributed by atoms with Crippen LogP contribution in [0.1, 0.15) is 15.2 Å². The van der Waals surface area contributed by atoms with Crippen LogP contribution in [-0.2, 0) is 6.18 Å². The van der Waals surface area contributed by atoms with Gasteiger partial charge in [0.15, 0.2) is 6.29 Å². The van der Waals surface area contributed by atoms with E-state index < -0.39 is 28.3 Å². The average Bonchev–Trinajstić information content (AvgIpc) is 2.77. The van der Waals surface area contributed by atoms with E-state index in [1.165, 1.54) is 0 Å². The van der Waals surface area contributed by atoms with E-state index in [4.69, 9.17) is 0 Å². The molecule has 0 aliphatic rings. The van der Waals surface area contributed by atoms with Gasteiger partial charge in [-0.15, -0.1) is 11.3 Å². The largest absolute Gasteiger partial charge is 0.425 e. The molecule has 0 N–H and O–H groups in total. The van der Waals surface area contributed by atoms with Crippen molar-refractivity contribution in [3.63, 3.8) is 0 Å². The fraction of sp³-hybridized carbons (Fsp3) is 0.0833. The van der Waals surface area contributed by atoms with Gasteiger partial charge >= 0.3 is 6.18 Å². The number of rotatable bonds is 2. The fourth-order valence-corrected chi connectivity index (χ4v) is 2.29. The van der Waals surface area contributed by atoms with E-state index in [0.717, 1.165) is 23.6 Å². The van der Waals surface area contributed by atoms with Gasteiger partial charge in [0.25, 0.3) is 0 Å². The number of halogens is 5. The Morgan fingerprint density at radius 2 is 1.58 bits per heavy atom. The van der Waals surface area contributed by atoms with E-state index >= 15 is 0 Å². The first kappa shape index (κ1) is 13.7. The van der Waals surface area contributed by atoms with Crippen LogP contribution >= 0.6 is 11.3 Å². The molecule has 1 nitrogen and oxygen atoms in total. The monoisotopic (exact) mass is 292 g/mol. The summed E-state index contributed by atoms with van der Waals surface area (Å²) in [5.74, 6) is -2.21. The van der Waals surface area contributed by atoms with E-state index in [1.807, 2.05) is 0 Å². The Labute approximate surface area is 108 Å². The number of hydrogen-bond donors (Lipinski definition) is 0. The fourth-order valence-electron chi connectivity index (χ4n) is 1.50. The normalized spacial score (nSPS) is 11.6. The van der Waals surface area contributed by atoms with Gasteiger partial charge in [0.1, 0.15) is 16.5 Å². The molecular formula is C12H5F5OS. The lowest BCUT2D eigenvalue weighted by Gasteiger charge is -2.03. The summed E-state index contributed by atoms with van der Waals surface area (Å²) >= 11 is 0.434. The molecule has 2 aromatic rings. The Morgan fingerprint density at radius 1 is 1.00 bits per heavy atom. The highest BCUT2D eigenvalue weighted by Crippen LogP contribution is 2.37. The van der Waals surface area contributed by atoms with Gasteiger partial charge in [-0.1, -0.05) is 0 Å². The number of hydrogen-bond acceptors (Lipinski definition) is 2. The molecule has 0 atom stereocenters. The zero-order chi connectivity index (χ0) is 14.2. The summed E-state index contributed by atoms with van der Waals surface area (Å²) in [6.45, 7) is 0. The van der Waals surface area contributed by atoms with E-state index in [0.29, 0.717) is 11.3 Å². The third-order valence-corrected chi connectivity index (χ3v) is 3.38. The Balaban J connectivity index is 2.48. The number of carbonyl (C=O) groups excluding carboxylic acids is 1. The first-order chi connectivity index (χ1) is 8.82. The van der Waals surface area contributed by atoms with Crippen molar-refractivity contribution in [2.24, 2.45) is 0 Å². The van der Waals surface area contributed by atoms with Crippen LogP contribution in [0.2, 0.25) is 0 Å². The van der Waals surface area contributed by atoms with Gasteiger partial charge in [0.05, 0.1) is 5.56 Å². The second-order valence-electron chi connectivity index (χ2n) is 3.67. The predicted octanol–water partition coefficient (Wildman–Crippen LogP) is 4.52. The number of thiophene rings is 1. The minimum absolute atomic E-state index is 0.0171.